The molecule has 0 aliphatic rings. The zero-order valence-corrected chi connectivity index (χ0v) is 10.9. The summed E-state index contributed by atoms with van der Waals surface area (Å²) in [5.74, 6) is 0.628. The summed E-state index contributed by atoms with van der Waals surface area (Å²) in [5, 5.41) is 10.2. The van der Waals surface area contributed by atoms with E-state index >= 15 is 0 Å². The zero-order chi connectivity index (χ0) is 11.4. The summed E-state index contributed by atoms with van der Waals surface area (Å²) in [7, 11) is 0. The fourth-order valence-electron chi connectivity index (χ4n) is 1.07. The van der Waals surface area contributed by atoms with E-state index in [1.54, 1.807) is 11.8 Å². The lowest BCUT2D eigenvalue weighted by Crippen LogP contribution is -2.05. The first-order valence-corrected chi connectivity index (χ1v) is 6.36. The van der Waals surface area contributed by atoms with Crippen molar-refractivity contribution in [3.8, 4) is 0 Å². The average Bonchev–Trinajstić information content (AvgIpc) is 2.20. The Bertz CT molecular complexity index is 325. The topological polar surface area (TPSA) is 20.2 Å². The van der Waals surface area contributed by atoms with E-state index in [4.69, 9.17) is 16.7 Å². The standard InChI is InChI=1S/C12H17ClOS/c1-8(2)9(3)15-12-5-4-10(7-14)6-11(12)13/h4-6,8-9,14H,7H2,1-3H3. The van der Waals surface area contributed by atoms with Gasteiger partial charge in [0, 0.05) is 10.1 Å². The van der Waals surface area contributed by atoms with E-state index in [1.165, 1.54) is 0 Å². The van der Waals surface area contributed by atoms with Crippen LogP contribution < -0.4 is 0 Å². The number of aliphatic hydroxyl groups excluding tert-OH is 1. The van der Waals surface area contributed by atoms with Crippen LogP contribution in [0.1, 0.15) is 26.3 Å². The summed E-state index contributed by atoms with van der Waals surface area (Å²) < 4.78 is 0. The van der Waals surface area contributed by atoms with E-state index in [-0.39, 0.29) is 6.61 Å². The van der Waals surface area contributed by atoms with Crippen LogP contribution in [-0.4, -0.2) is 10.4 Å². The molecule has 0 bridgehead atoms. The van der Waals surface area contributed by atoms with Crippen molar-refractivity contribution in [2.75, 3.05) is 0 Å². The van der Waals surface area contributed by atoms with Crippen LogP contribution in [-0.2, 0) is 6.61 Å². The highest BCUT2D eigenvalue weighted by atomic mass is 35.5. The highest BCUT2D eigenvalue weighted by Gasteiger charge is 2.11. The quantitative estimate of drug-likeness (QED) is 0.809. The Morgan fingerprint density at radius 3 is 2.47 bits per heavy atom. The molecule has 0 aliphatic heterocycles. The smallest absolute Gasteiger partial charge is 0.0682 e. The number of aliphatic hydroxyl groups is 1. The van der Waals surface area contributed by atoms with Gasteiger partial charge in [-0.15, -0.1) is 11.8 Å². The van der Waals surface area contributed by atoms with Gasteiger partial charge in [-0.1, -0.05) is 38.4 Å². The van der Waals surface area contributed by atoms with E-state index in [0.717, 1.165) is 15.5 Å². The van der Waals surface area contributed by atoms with Gasteiger partial charge in [0.25, 0.3) is 0 Å². The number of benzene rings is 1. The van der Waals surface area contributed by atoms with Crippen LogP contribution in [0.4, 0.5) is 0 Å². The maximum atomic E-state index is 8.96. The van der Waals surface area contributed by atoms with Crippen molar-refractivity contribution in [2.45, 2.75) is 37.5 Å². The van der Waals surface area contributed by atoms with Crippen LogP contribution in [0.25, 0.3) is 0 Å². The summed E-state index contributed by atoms with van der Waals surface area (Å²) in [6, 6.07) is 5.73. The van der Waals surface area contributed by atoms with E-state index in [9.17, 15) is 0 Å². The van der Waals surface area contributed by atoms with Crippen molar-refractivity contribution in [1.82, 2.24) is 0 Å². The number of thioether (sulfide) groups is 1. The Morgan fingerprint density at radius 1 is 1.33 bits per heavy atom. The molecular formula is C12H17ClOS. The number of rotatable bonds is 4. The van der Waals surface area contributed by atoms with E-state index in [2.05, 4.69) is 20.8 Å². The monoisotopic (exact) mass is 244 g/mol. The minimum absolute atomic E-state index is 0.0460. The molecule has 0 saturated heterocycles. The predicted molar refractivity (Wildman–Crippen MR) is 67.5 cm³/mol. The lowest BCUT2D eigenvalue weighted by atomic mass is 10.2. The van der Waals surface area contributed by atoms with Crippen molar-refractivity contribution >= 4 is 23.4 Å². The van der Waals surface area contributed by atoms with Crippen LogP contribution in [0.5, 0.6) is 0 Å². The minimum Gasteiger partial charge on any atom is -0.392 e. The maximum absolute atomic E-state index is 8.96. The van der Waals surface area contributed by atoms with Gasteiger partial charge in [-0.25, -0.2) is 0 Å². The first-order chi connectivity index (χ1) is 7.04. The van der Waals surface area contributed by atoms with Gasteiger partial charge in [0.05, 0.1) is 11.6 Å². The molecule has 1 aromatic rings. The largest absolute Gasteiger partial charge is 0.392 e. The Balaban J connectivity index is 2.78. The summed E-state index contributed by atoms with van der Waals surface area (Å²) >= 11 is 7.91. The molecule has 0 spiro atoms. The molecule has 1 atom stereocenters. The molecule has 1 nitrogen and oxygen atoms in total. The highest BCUT2D eigenvalue weighted by Crippen LogP contribution is 2.33. The van der Waals surface area contributed by atoms with Gasteiger partial charge in [0.15, 0.2) is 0 Å². The third-order valence-corrected chi connectivity index (χ3v) is 4.38. The van der Waals surface area contributed by atoms with Crippen molar-refractivity contribution < 1.29 is 5.11 Å². The first kappa shape index (κ1) is 12.9. The molecule has 3 heteroatoms. The Labute approximate surface area is 101 Å². The van der Waals surface area contributed by atoms with E-state index in [1.807, 2.05) is 18.2 Å². The molecule has 1 aromatic carbocycles. The molecule has 0 radical (unpaired) electrons. The second-order valence-corrected chi connectivity index (χ2v) is 5.82. The summed E-state index contributed by atoms with van der Waals surface area (Å²) in [6.45, 7) is 6.65. The van der Waals surface area contributed by atoms with Crippen molar-refractivity contribution in [3.63, 3.8) is 0 Å². The van der Waals surface area contributed by atoms with Crippen LogP contribution in [0.15, 0.2) is 23.1 Å². The van der Waals surface area contributed by atoms with Gasteiger partial charge in [0.1, 0.15) is 0 Å². The lowest BCUT2D eigenvalue weighted by Gasteiger charge is -2.15. The van der Waals surface area contributed by atoms with Crippen LogP contribution in [0, 0.1) is 5.92 Å². The van der Waals surface area contributed by atoms with E-state index < -0.39 is 0 Å². The molecule has 0 aromatic heterocycles. The summed E-state index contributed by atoms with van der Waals surface area (Å²) in [5.41, 5.74) is 0.863. The Hall–Kier alpha value is -0.180. The van der Waals surface area contributed by atoms with Gasteiger partial charge in [0.2, 0.25) is 0 Å². The fourth-order valence-corrected chi connectivity index (χ4v) is 2.40. The lowest BCUT2D eigenvalue weighted by molar-refractivity contribution is 0.282. The van der Waals surface area contributed by atoms with Crippen molar-refractivity contribution in [1.29, 1.82) is 0 Å². The number of hydrogen-bond donors (Lipinski definition) is 1. The van der Waals surface area contributed by atoms with Crippen molar-refractivity contribution in [2.24, 2.45) is 5.92 Å². The molecule has 15 heavy (non-hydrogen) atoms. The second kappa shape index (κ2) is 5.78. The molecule has 0 aliphatic carbocycles. The van der Waals surface area contributed by atoms with E-state index in [0.29, 0.717) is 11.2 Å². The molecule has 84 valence electrons. The van der Waals surface area contributed by atoms with Gasteiger partial charge in [-0.2, -0.15) is 0 Å². The zero-order valence-electron chi connectivity index (χ0n) is 9.33. The van der Waals surface area contributed by atoms with Gasteiger partial charge in [-0.3, -0.25) is 0 Å². The average molecular weight is 245 g/mol. The number of halogens is 1. The molecule has 0 heterocycles. The molecule has 1 unspecified atom stereocenters. The van der Waals surface area contributed by atoms with Gasteiger partial charge >= 0.3 is 0 Å². The third kappa shape index (κ3) is 3.71. The predicted octanol–water partition coefficient (Wildman–Crippen LogP) is 3.97. The maximum Gasteiger partial charge on any atom is 0.0682 e. The molecule has 1 rings (SSSR count). The van der Waals surface area contributed by atoms with Crippen molar-refractivity contribution in [3.05, 3.63) is 28.8 Å². The second-order valence-electron chi connectivity index (χ2n) is 3.99. The Morgan fingerprint density at radius 2 is 2.00 bits per heavy atom. The Kier molecular flexibility index (Phi) is 4.97. The number of hydrogen-bond acceptors (Lipinski definition) is 2. The van der Waals surface area contributed by atoms with Crippen LogP contribution >= 0.6 is 23.4 Å². The molecule has 0 saturated carbocycles. The molecular weight excluding hydrogens is 228 g/mol. The fraction of sp³-hybridized carbons (Fsp3) is 0.500. The molecule has 1 N–H and O–H groups in total. The van der Waals surface area contributed by atoms with Gasteiger partial charge in [-0.05, 0) is 23.6 Å². The first-order valence-electron chi connectivity index (χ1n) is 5.10. The highest BCUT2D eigenvalue weighted by molar-refractivity contribution is 8.00. The third-order valence-electron chi connectivity index (χ3n) is 2.43. The van der Waals surface area contributed by atoms with Gasteiger partial charge < -0.3 is 5.11 Å². The SMILES string of the molecule is CC(C)C(C)Sc1ccc(CO)cc1Cl. The molecule has 0 amide bonds. The minimum atomic E-state index is 0.0460. The van der Waals surface area contributed by atoms with Crippen LogP contribution in [0.3, 0.4) is 0 Å². The molecule has 0 fully saturated rings. The normalized spacial score (nSPS) is 13.2. The summed E-state index contributed by atoms with van der Waals surface area (Å²) in [6.07, 6.45) is 0. The van der Waals surface area contributed by atoms with Crippen LogP contribution in [0.2, 0.25) is 5.02 Å². The summed E-state index contributed by atoms with van der Waals surface area (Å²) in [4.78, 5) is 1.09.